The van der Waals surface area contributed by atoms with Crippen LogP contribution in [0.2, 0.25) is 0 Å². The fraction of sp³-hybridized carbons (Fsp3) is 0.188. The van der Waals surface area contributed by atoms with Crippen LogP contribution in [0.3, 0.4) is 0 Å². The van der Waals surface area contributed by atoms with Gasteiger partial charge in [-0.25, -0.2) is 0 Å². The third-order valence-electron chi connectivity index (χ3n) is 3.15. The molecule has 0 fully saturated rings. The zero-order chi connectivity index (χ0) is 13.8. The second-order valence-electron chi connectivity index (χ2n) is 4.57. The van der Waals surface area contributed by atoms with E-state index in [1.165, 1.54) is 0 Å². The van der Waals surface area contributed by atoms with E-state index in [1.54, 1.807) is 6.07 Å². The Balaban J connectivity index is 2.44. The van der Waals surface area contributed by atoms with Crippen LogP contribution >= 0.6 is 0 Å². The minimum atomic E-state index is -0.0298. The van der Waals surface area contributed by atoms with Gasteiger partial charge in [-0.1, -0.05) is 24.3 Å². The number of anilines is 2. The van der Waals surface area contributed by atoms with Crippen molar-refractivity contribution in [2.24, 2.45) is 5.73 Å². The number of nitrogens with zero attached hydrogens (tertiary/aromatic N) is 2. The molecule has 0 aliphatic heterocycles. The normalized spacial score (nSPS) is 11.7. The maximum Gasteiger partial charge on any atom is 0.0992 e. The molecule has 0 bridgehead atoms. The Morgan fingerprint density at radius 3 is 2.58 bits per heavy atom. The Morgan fingerprint density at radius 1 is 1.16 bits per heavy atom. The van der Waals surface area contributed by atoms with Crippen molar-refractivity contribution in [3.63, 3.8) is 0 Å². The highest BCUT2D eigenvalue weighted by molar-refractivity contribution is 5.67. The summed E-state index contributed by atoms with van der Waals surface area (Å²) in [6.45, 7) is 1.97. The first-order chi connectivity index (χ1) is 9.13. The van der Waals surface area contributed by atoms with Crippen LogP contribution in [-0.4, -0.2) is 7.05 Å². The average molecular weight is 251 g/mol. The molecule has 0 aliphatic carbocycles. The van der Waals surface area contributed by atoms with E-state index in [0.717, 1.165) is 16.9 Å². The quantitative estimate of drug-likeness (QED) is 0.910. The highest BCUT2D eigenvalue weighted by atomic mass is 15.1. The van der Waals surface area contributed by atoms with E-state index in [9.17, 15) is 0 Å². The molecule has 0 aromatic heterocycles. The number of hydrogen-bond donors (Lipinski definition) is 1. The number of benzene rings is 2. The van der Waals surface area contributed by atoms with Crippen LogP contribution in [-0.2, 0) is 0 Å². The number of nitriles is 1. The zero-order valence-electron chi connectivity index (χ0n) is 11.2. The summed E-state index contributed by atoms with van der Waals surface area (Å²) in [5, 5.41) is 8.97. The Hall–Kier alpha value is -2.31. The molecule has 0 saturated heterocycles. The van der Waals surface area contributed by atoms with Gasteiger partial charge in [-0.05, 0) is 36.8 Å². The van der Waals surface area contributed by atoms with E-state index in [-0.39, 0.29) is 6.04 Å². The summed E-state index contributed by atoms with van der Waals surface area (Å²) in [7, 11) is 1.98. The second kappa shape index (κ2) is 5.55. The van der Waals surface area contributed by atoms with Gasteiger partial charge >= 0.3 is 0 Å². The predicted molar refractivity (Wildman–Crippen MR) is 78.3 cm³/mol. The minimum Gasteiger partial charge on any atom is -0.344 e. The van der Waals surface area contributed by atoms with E-state index in [2.05, 4.69) is 11.0 Å². The molecule has 3 heteroatoms. The summed E-state index contributed by atoms with van der Waals surface area (Å²) < 4.78 is 0. The molecule has 2 aromatic carbocycles. The maximum absolute atomic E-state index is 8.97. The monoisotopic (exact) mass is 251 g/mol. The highest BCUT2D eigenvalue weighted by Crippen LogP contribution is 2.30. The summed E-state index contributed by atoms with van der Waals surface area (Å²) >= 11 is 0. The van der Waals surface area contributed by atoms with Gasteiger partial charge in [0.2, 0.25) is 0 Å². The van der Waals surface area contributed by atoms with Crippen LogP contribution in [0.4, 0.5) is 11.4 Å². The Kier molecular flexibility index (Phi) is 3.84. The standard InChI is InChI=1S/C16H17N3/c1-12(18)15-8-3-4-9-16(15)19(2)14-7-5-6-13(10-14)11-17/h3-10,12H,18H2,1-2H3/t12-/m0/s1. The first-order valence-electron chi connectivity index (χ1n) is 6.22. The molecule has 0 unspecified atom stereocenters. The van der Waals surface area contributed by atoms with Gasteiger partial charge in [-0.15, -0.1) is 0 Å². The molecule has 0 heterocycles. The average Bonchev–Trinajstić information content (AvgIpc) is 2.46. The number of para-hydroxylation sites is 1. The van der Waals surface area contributed by atoms with Crippen molar-refractivity contribution >= 4 is 11.4 Å². The second-order valence-corrected chi connectivity index (χ2v) is 4.57. The molecule has 0 saturated carbocycles. The fourth-order valence-electron chi connectivity index (χ4n) is 2.10. The lowest BCUT2D eigenvalue weighted by Crippen LogP contribution is -2.15. The summed E-state index contributed by atoms with van der Waals surface area (Å²) in [4.78, 5) is 2.06. The molecule has 0 spiro atoms. The molecular weight excluding hydrogens is 234 g/mol. The molecule has 0 aliphatic rings. The lowest BCUT2D eigenvalue weighted by atomic mass is 10.1. The largest absolute Gasteiger partial charge is 0.344 e. The molecule has 2 aromatic rings. The van der Waals surface area contributed by atoms with Gasteiger partial charge in [0.25, 0.3) is 0 Å². The lowest BCUT2D eigenvalue weighted by molar-refractivity contribution is 0.815. The smallest absolute Gasteiger partial charge is 0.0992 e. The van der Waals surface area contributed by atoms with Crippen molar-refractivity contribution in [3.8, 4) is 6.07 Å². The molecule has 0 radical (unpaired) electrons. The topological polar surface area (TPSA) is 53.0 Å². The van der Waals surface area contributed by atoms with Crippen molar-refractivity contribution in [1.29, 1.82) is 5.26 Å². The third-order valence-corrected chi connectivity index (χ3v) is 3.15. The zero-order valence-corrected chi connectivity index (χ0v) is 11.2. The van der Waals surface area contributed by atoms with E-state index < -0.39 is 0 Å². The lowest BCUT2D eigenvalue weighted by Gasteiger charge is -2.24. The van der Waals surface area contributed by atoms with Gasteiger partial charge in [0, 0.05) is 24.5 Å². The van der Waals surface area contributed by atoms with E-state index >= 15 is 0 Å². The summed E-state index contributed by atoms with van der Waals surface area (Å²) in [6, 6.07) is 17.7. The van der Waals surface area contributed by atoms with E-state index in [0.29, 0.717) is 5.56 Å². The van der Waals surface area contributed by atoms with Gasteiger partial charge in [-0.3, -0.25) is 0 Å². The summed E-state index contributed by atoms with van der Waals surface area (Å²) in [6.07, 6.45) is 0. The van der Waals surface area contributed by atoms with Crippen LogP contribution in [0, 0.1) is 11.3 Å². The van der Waals surface area contributed by atoms with Gasteiger partial charge < -0.3 is 10.6 Å². The van der Waals surface area contributed by atoms with Gasteiger partial charge in [-0.2, -0.15) is 5.26 Å². The molecule has 2 N–H and O–H groups in total. The molecule has 2 rings (SSSR count). The number of rotatable bonds is 3. The van der Waals surface area contributed by atoms with Gasteiger partial charge in [0.05, 0.1) is 11.6 Å². The Bertz CT molecular complexity index is 611. The third kappa shape index (κ3) is 2.75. The SMILES string of the molecule is C[C@H](N)c1ccccc1N(C)c1cccc(C#N)c1. The minimum absolute atomic E-state index is 0.0298. The summed E-state index contributed by atoms with van der Waals surface area (Å²) in [5.41, 5.74) is 9.79. The van der Waals surface area contributed by atoms with Crippen molar-refractivity contribution in [1.82, 2.24) is 0 Å². The van der Waals surface area contributed by atoms with Crippen molar-refractivity contribution in [3.05, 3.63) is 59.7 Å². The van der Waals surface area contributed by atoms with Crippen LogP contribution in [0.25, 0.3) is 0 Å². The van der Waals surface area contributed by atoms with Crippen LogP contribution in [0.15, 0.2) is 48.5 Å². The maximum atomic E-state index is 8.97. The molecule has 19 heavy (non-hydrogen) atoms. The van der Waals surface area contributed by atoms with E-state index in [1.807, 2.05) is 56.4 Å². The Labute approximate surface area is 113 Å². The summed E-state index contributed by atoms with van der Waals surface area (Å²) in [5.74, 6) is 0. The number of nitrogens with two attached hydrogens (primary N) is 1. The first-order valence-corrected chi connectivity index (χ1v) is 6.22. The molecule has 0 amide bonds. The Morgan fingerprint density at radius 2 is 1.89 bits per heavy atom. The van der Waals surface area contributed by atoms with Crippen molar-refractivity contribution < 1.29 is 0 Å². The molecule has 1 atom stereocenters. The number of hydrogen-bond acceptors (Lipinski definition) is 3. The van der Waals surface area contributed by atoms with E-state index in [4.69, 9.17) is 11.0 Å². The first kappa shape index (κ1) is 13.1. The van der Waals surface area contributed by atoms with Crippen molar-refractivity contribution in [2.45, 2.75) is 13.0 Å². The molecule has 96 valence electrons. The molecule has 3 nitrogen and oxygen atoms in total. The molecular formula is C16H17N3. The predicted octanol–water partition coefficient (Wildman–Crippen LogP) is 3.35. The fourth-order valence-corrected chi connectivity index (χ4v) is 2.10. The van der Waals surface area contributed by atoms with Crippen LogP contribution < -0.4 is 10.6 Å². The van der Waals surface area contributed by atoms with Crippen LogP contribution in [0.1, 0.15) is 24.1 Å². The van der Waals surface area contributed by atoms with Crippen molar-refractivity contribution in [2.75, 3.05) is 11.9 Å². The van der Waals surface area contributed by atoms with Gasteiger partial charge in [0.15, 0.2) is 0 Å². The van der Waals surface area contributed by atoms with Crippen LogP contribution in [0.5, 0.6) is 0 Å². The van der Waals surface area contributed by atoms with Gasteiger partial charge in [0.1, 0.15) is 0 Å². The highest BCUT2D eigenvalue weighted by Gasteiger charge is 2.11.